The van der Waals surface area contributed by atoms with Crippen LogP contribution in [-0.4, -0.2) is 18.5 Å². The molecule has 3 heteroatoms. The molecular formula is C17H23NO2. The van der Waals surface area contributed by atoms with E-state index < -0.39 is 0 Å². The first-order valence-electron chi connectivity index (χ1n) is 7.34. The molecular weight excluding hydrogens is 250 g/mol. The van der Waals surface area contributed by atoms with Gasteiger partial charge in [0.15, 0.2) is 0 Å². The third kappa shape index (κ3) is 3.03. The molecule has 0 saturated carbocycles. The summed E-state index contributed by atoms with van der Waals surface area (Å²) in [7, 11) is 1.70. The second-order valence-electron chi connectivity index (χ2n) is 5.23. The Bertz CT molecular complexity index is 505. The molecule has 108 valence electrons. The number of hydrogen-bond acceptors (Lipinski definition) is 3. The summed E-state index contributed by atoms with van der Waals surface area (Å²) in [5.41, 5.74) is 3.93. The zero-order chi connectivity index (χ0) is 14.4. The zero-order valence-corrected chi connectivity index (χ0v) is 12.3. The Morgan fingerprint density at radius 1 is 1.40 bits per heavy atom. The molecule has 1 aliphatic carbocycles. The van der Waals surface area contributed by atoms with E-state index in [1.165, 1.54) is 24.0 Å². The first-order valence-corrected chi connectivity index (χ1v) is 7.34. The van der Waals surface area contributed by atoms with E-state index >= 15 is 0 Å². The number of ether oxygens (including phenoxy) is 1. The number of hydrogen-bond donors (Lipinski definition) is 1. The summed E-state index contributed by atoms with van der Waals surface area (Å²) in [5, 5.41) is 12.2. The summed E-state index contributed by atoms with van der Waals surface area (Å²) in [6.45, 7) is 2.21. The van der Waals surface area contributed by atoms with Crippen LogP contribution in [0.3, 0.4) is 0 Å². The second kappa shape index (κ2) is 7.13. The van der Waals surface area contributed by atoms with Gasteiger partial charge in [-0.3, -0.25) is 0 Å². The predicted octanol–water partition coefficient (Wildman–Crippen LogP) is 4.51. The normalized spacial score (nSPS) is 19.0. The quantitative estimate of drug-likeness (QED) is 0.471. The lowest BCUT2D eigenvalue weighted by atomic mass is 9.92. The average Bonchev–Trinajstić information content (AvgIpc) is 2.88. The van der Waals surface area contributed by atoms with Gasteiger partial charge in [-0.25, -0.2) is 0 Å². The van der Waals surface area contributed by atoms with E-state index in [1.807, 2.05) is 18.2 Å². The summed E-state index contributed by atoms with van der Waals surface area (Å²) >= 11 is 0. The highest BCUT2D eigenvalue weighted by molar-refractivity contribution is 5.87. The molecule has 1 unspecified atom stereocenters. The van der Waals surface area contributed by atoms with Crippen molar-refractivity contribution in [1.29, 1.82) is 0 Å². The number of methoxy groups -OCH3 is 1. The fraction of sp³-hybridized carbons (Fsp3) is 0.471. The highest BCUT2D eigenvalue weighted by Crippen LogP contribution is 2.43. The van der Waals surface area contributed by atoms with Crippen molar-refractivity contribution in [3.05, 3.63) is 35.4 Å². The van der Waals surface area contributed by atoms with Crippen LogP contribution in [0.15, 0.2) is 35.0 Å². The minimum absolute atomic E-state index is 0.197. The van der Waals surface area contributed by atoms with Crippen molar-refractivity contribution in [1.82, 2.24) is 0 Å². The van der Waals surface area contributed by atoms with E-state index in [9.17, 15) is 0 Å². The van der Waals surface area contributed by atoms with Crippen LogP contribution in [-0.2, 0) is 0 Å². The first-order chi connectivity index (χ1) is 9.81. The fourth-order valence-electron chi connectivity index (χ4n) is 3.01. The Hall–Kier alpha value is -1.77. The van der Waals surface area contributed by atoms with E-state index in [0.717, 1.165) is 30.6 Å². The van der Waals surface area contributed by atoms with Gasteiger partial charge in [0.1, 0.15) is 5.75 Å². The van der Waals surface area contributed by atoms with Crippen molar-refractivity contribution in [2.45, 2.75) is 39.0 Å². The van der Waals surface area contributed by atoms with Gasteiger partial charge < -0.3 is 9.94 Å². The van der Waals surface area contributed by atoms with Crippen molar-refractivity contribution >= 4 is 11.8 Å². The smallest absolute Gasteiger partial charge is 0.126 e. The molecule has 2 rings (SSSR count). The number of allylic oxidation sites excluding steroid dienone is 2. The van der Waals surface area contributed by atoms with E-state index in [-0.39, 0.29) is 5.92 Å². The maximum atomic E-state index is 8.90. The molecule has 1 aromatic rings. The minimum Gasteiger partial charge on any atom is -0.496 e. The van der Waals surface area contributed by atoms with Gasteiger partial charge in [0.2, 0.25) is 0 Å². The van der Waals surface area contributed by atoms with E-state index in [2.05, 4.69) is 18.1 Å². The van der Waals surface area contributed by atoms with Crippen LogP contribution in [0.2, 0.25) is 0 Å². The van der Waals surface area contributed by atoms with Crippen LogP contribution in [0.1, 0.15) is 44.6 Å². The standard InChI is InChI=1S/C17H23NO2/c1-3-4-7-13-10-11-14(12-18-19)17(13)15-8-5-6-9-16(15)20-2/h5-6,8-9,12,14,19H,3-4,7,10-11H2,1-2H3. The van der Waals surface area contributed by atoms with Gasteiger partial charge in [0.25, 0.3) is 0 Å². The maximum Gasteiger partial charge on any atom is 0.126 e. The Balaban J connectivity index is 2.43. The number of rotatable bonds is 6. The van der Waals surface area contributed by atoms with Crippen molar-refractivity contribution in [3.8, 4) is 5.75 Å². The molecule has 1 atom stereocenters. The lowest BCUT2D eigenvalue weighted by molar-refractivity contribution is 0.319. The topological polar surface area (TPSA) is 41.8 Å². The van der Waals surface area contributed by atoms with Crippen LogP contribution in [0.5, 0.6) is 5.75 Å². The molecule has 0 heterocycles. The SMILES string of the molecule is CCCCC1=C(c2ccccc2OC)C(C=NO)CC1. The van der Waals surface area contributed by atoms with Crippen molar-refractivity contribution in [3.63, 3.8) is 0 Å². The van der Waals surface area contributed by atoms with E-state index in [4.69, 9.17) is 9.94 Å². The predicted molar refractivity (Wildman–Crippen MR) is 82.4 cm³/mol. The molecule has 0 saturated heterocycles. The molecule has 0 aliphatic heterocycles. The van der Waals surface area contributed by atoms with E-state index in [0.29, 0.717) is 0 Å². The number of oxime groups is 1. The average molecular weight is 273 g/mol. The third-order valence-electron chi connectivity index (χ3n) is 3.98. The van der Waals surface area contributed by atoms with Crippen molar-refractivity contribution in [2.75, 3.05) is 7.11 Å². The molecule has 20 heavy (non-hydrogen) atoms. The zero-order valence-electron chi connectivity index (χ0n) is 12.3. The van der Waals surface area contributed by atoms with Gasteiger partial charge in [0, 0.05) is 11.5 Å². The highest BCUT2D eigenvalue weighted by atomic mass is 16.5. The van der Waals surface area contributed by atoms with Gasteiger partial charge >= 0.3 is 0 Å². The van der Waals surface area contributed by atoms with Crippen LogP contribution in [0.4, 0.5) is 0 Å². The Kier molecular flexibility index (Phi) is 5.22. The second-order valence-corrected chi connectivity index (χ2v) is 5.23. The monoisotopic (exact) mass is 273 g/mol. The highest BCUT2D eigenvalue weighted by Gasteiger charge is 2.27. The van der Waals surface area contributed by atoms with E-state index in [1.54, 1.807) is 13.3 Å². The summed E-state index contributed by atoms with van der Waals surface area (Å²) in [4.78, 5) is 0. The lowest BCUT2D eigenvalue weighted by Crippen LogP contribution is -2.03. The maximum absolute atomic E-state index is 8.90. The summed E-state index contributed by atoms with van der Waals surface area (Å²) in [5.74, 6) is 1.10. The van der Waals surface area contributed by atoms with Crippen molar-refractivity contribution < 1.29 is 9.94 Å². The molecule has 3 nitrogen and oxygen atoms in total. The molecule has 0 spiro atoms. The molecule has 1 aliphatic rings. The molecule has 1 N–H and O–H groups in total. The number of unbranched alkanes of at least 4 members (excludes halogenated alkanes) is 1. The molecule has 0 radical (unpaired) electrons. The Labute approximate surface area is 121 Å². The molecule has 0 aromatic heterocycles. The molecule has 0 amide bonds. The third-order valence-corrected chi connectivity index (χ3v) is 3.98. The van der Waals surface area contributed by atoms with Gasteiger partial charge in [-0.15, -0.1) is 5.16 Å². The van der Waals surface area contributed by atoms with Crippen molar-refractivity contribution in [2.24, 2.45) is 11.1 Å². The summed E-state index contributed by atoms with van der Waals surface area (Å²) in [6, 6.07) is 8.11. The fourth-order valence-corrected chi connectivity index (χ4v) is 3.01. The molecule has 0 fully saturated rings. The number of nitrogens with zero attached hydrogens (tertiary/aromatic N) is 1. The summed E-state index contributed by atoms with van der Waals surface area (Å²) < 4.78 is 5.50. The van der Waals surface area contributed by atoms with Gasteiger partial charge in [-0.2, -0.15) is 0 Å². The molecule has 0 bridgehead atoms. The van der Waals surface area contributed by atoms with Gasteiger partial charge in [-0.05, 0) is 37.3 Å². The van der Waals surface area contributed by atoms with Gasteiger partial charge in [0.05, 0.1) is 13.3 Å². The van der Waals surface area contributed by atoms with Crippen LogP contribution in [0.25, 0.3) is 5.57 Å². The largest absolute Gasteiger partial charge is 0.496 e. The van der Waals surface area contributed by atoms with Gasteiger partial charge in [-0.1, -0.05) is 37.1 Å². The minimum atomic E-state index is 0.197. The number of para-hydroxylation sites is 1. The number of benzene rings is 1. The van der Waals surface area contributed by atoms with Crippen LogP contribution >= 0.6 is 0 Å². The molecule has 1 aromatic carbocycles. The van der Waals surface area contributed by atoms with Crippen LogP contribution in [0, 0.1) is 5.92 Å². The summed E-state index contributed by atoms with van der Waals surface area (Å²) in [6.07, 6.45) is 7.29. The Morgan fingerprint density at radius 2 is 2.20 bits per heavy atom. The Morgan fingerprint density at radius 3 is 2.90 bits per heavy atom. The van der Waals surface area contributed by atoms with Crippen LogP contribution < -0.4 is 4.74 Å². The first kappa shape index (κ1) is 14.6. The lowest BCUT2D eigenvalue weighted by Gasteiger charge is -2.15.